The maximum atomic E-state index is 6.37. The SMILES string of the molecule is Cc1c(-c2ccccc2)ccc(Cl)c1C(C)(C)C. The van der Waals surface area contributed by atoms with Gasteiger partial charge in [0.2, 0.25) is 0 Å². The maximum absolute atomic E-state index is 6.37. The molecule has 0 radical (unpaired) electrons. The second kappa shape index (κ2) is 4.78. The molecule has 0 aromatic heterocycles. The van der Waals surface area contributed by atoms with E-state index >= 15 is 0 Å². The first-order valence-electron chi connectivity index (χ1n) is 6.26. The Morgan fingerprint density at radius 2 is 1.50 bits per heavy atom. The van der Waals surface area contributed by atoms with Crippen molar-refractivity contribution >= 4 is 11.6 Å². The molecule has 0 nitrogen and oxygen atoms in total. The van der Waals surface area contributed by atoms with Crippen molar-refractivity contribution < 1.29 is 0 Å². The first kappa shape index (κ1) is 13.2. The highest BCUT2D eigenvalue weighted by molar-refractivity contribution is 6.31. The van der Waals surface area contributed by atoms with Gasteiger partial charge in [-0.05, 0) is 40.7 Å². The van der Waals surface area contributed by atoms with Gasteiger partial charge < -0.3 is 0 Å². The van der Waals surface area contributed by atoms with Gasteiger partial charge in [-0.15, -0.1) is 0 Å². The highest BCUT2D eigenvalue weighted by Crippen LogP contribution is 2.37. The highest BCUT2D eigenvalue weighted by Gasteiger charge is 2.21. The molecule has 0 aliphatic rings. The third-order valence-corrected chi connectivity index (χ3v) is 3.56. The summed E-state index contributed by atoms with van der Waals surface area (Å²) in [6.45, 7) is 8.77. The number of benzene rings is 2. The largest absolute Gasteiger partial charge is 0.0840 e. The minimum absolute atomic E-state index is 0.0615. The molecule has 0 fully saturated rings. The molecule has 0 unspecified atom stereocenters. The van der Waals surface area contributed by atoms with Crippen LogP contribution in [0.5, 0.6) is 0 Å². The molecule has 2 aromatic rings. The molecule has 0 heterocycles. The lowest BCUT2D eigenvalue weighted by molar-refractivity contribution is 0.586. The molecule has 94 valence electrons. The Balaban J connectivity index is 2.66. The molecular weight excluding hydrogens is 240 g/mol. The molecule has 0 atom stereocenters. The van der Waals surface area contributed by atoms with E-state index in [2.05, 4.69) is 58.0 Å². The van der Waals surface area contributed by atoms with Crippen LogP contribution >= 0.6 is 11.6 Å². The summed E-state index contributed by atoms with van der Waals surface area (Å²) >= 11 is 6.37. The summed E-state index contributed by atoms with van der Waals surface area (Å²) in [4.78, 5) is 0. The Hall–Kier alpha value is -1.27. The van der Waals surface area contributed by atoms with Crippen LogP contribution < -0.4 is 0 Å². The smallest absolute Gasteiger partial charge is 0.0446 e. The predicted octanol–water partition coefficient (Wildman–Crippen LogP) is 5.61. The number of halogens is 1. The Morgan fingerprint density at radius 1 is 0.889 bits per heavy atom. The number of hydrogen-bond acceptors (Lipinski definition) is 0. The van der Waals surface area contributed by atoms with Crippen molar-refractivity contribution in [1.82, 2.24) is 0 Å². The quantitative estimate of drug-likeness (QED) is 0.623. The van der Waals surface area contributed by atoms with Crippen LogP contribution in [0.1, 0.15) is 31.9 Å². The summed E-state index contributed by atoms with van der Waals surface area (Å²) in [5, 5.41) is 0.861. The van der Waals surface area contributed by atoms with E-state index < -0.39 is 0 Å². The van der Waals surface area contributed by atoms with E-state index in [1.54, 1.807) is 0 Å². The molecule has 0 spiro atoms. The minimum atomic E-state index is 0.0615. The van der Waals surface area contributed by atoms with Crippen molar-refractivity contribution in [3.63, 3.8) is 0 Å². The summed E-state index contributed by atoms with van der Waals surface area (Å²) in [6, 6.07) is 14.6. The molecule has 2 rings (SSSR count). The zero-order valence-electron chi connectivity index (χ0n) is 11.4. The fraction of sp³-hybridized carbons (Fsp3) is 0.294. The number of hydrogen-bond donors (Lipinski definition) is 0. The average Bonchev–Trinajstić information content (AvgIpc) is 2.28. The molecule has 2 aromatic carbocycles. The predicted molar refractivity (Wildman–Crippen MR) is 80.3 cm³/mol. The van der Waals surface area contributed by atoms with Crippen LogP contribution in [0.15, 0.2) is 42.5 Å². The van der Waals surface area contributed by atoms with E-state index in [0.29, 0.717) is 0 Å². The first-order valence-corrected chi connectivity index (χ1v) is 6.64. The van der Waals surface area contributed by atoms with Gasteiger partial charge in [0.05, 0.1) is 0 Å². The Bertz CT molecular complexity index is 548. The topological polar surface area (TPSA) is 0 Å². The van der Waals surface area contributed by atoms with Gasteiger partial charge in [-0.1, -0.05) is 68.8 Å². The van der Waals surface area contributed by atoms with Crippen molar-refractivity contribution in [2.75, 3.05) is 0 Å². The van der Waals surface area contributed by atoms with Crippen molar-refractivity contribution in [3.05, 3.63) is 58.6 Å². The zero-order chi connectivity index (χ0) is 13.3. The molecule has 0 bridgehead atoms. The van der Waals surface area contributed by atoms with Gasteiger partial charge >= 0.3 is 0 Å². The molecular formula is C17H19Cl. The van der Waals surface area contributed by atoms with E-state index in [1.165, 1.54) is 22.3 Å². The molecule has 1 heteroatoms. The zero-order valence-corrected chi connectivity index (χ0v) is 12.2. The van der Waals surface area contributed by atoms with Crippen molar-refractivity contribution in [1.29, 1.82) is 0 Å². The lowest BCUT2D eigenvalue weighted by Crippen LogP contribution is -2.14. The molecule has 0 saturated carbocycles. The summed E-state index contributed by atoms with van der Waals surface area (Å²) in [5.41, 5.74) is 5.10. The first-order chi connectivity index (χ1) is 8.41. The maximum Gasteiger partial charge on any atom is 0.0446 e. The van der Waals surface area contributed by atoms with Crippen LogP contribution in [0.3, 0.4) is 0 Å². The van der Waals surface area contributed by atoms with Gasteiger partial charge in [0.1, 0.15) is 0 Å². The second-order valence-electron chi connectivity index (χ2n) is 5.71. The molecule has 0 aliphatic carbocycles. The minimum Gasteiger partial charge on any atom is -0.0840 e. The van der Waals surface area contributed by atoms with Crippen LogP contribution in [0, 0.1) is 6.92 Å². The van der Waals surface area contributed by atoms with E-state index in [9.17, 15) is 0 Å². The van der Waals surface area contributed by atoms with Crippen molar-refractivity contribution in [2.45, 2.75) is 33.1 Å². The lowest BCUT2D eigenvalue weighted by Gasteiger charge is -2.25. The molecule has 0 amide bonds. The van der Waals surface area contributed by atoms with E-state index in [0.717, 1.165) is 5.02 Å². The third-order valence-electron chi connectivity index (χ3n) is 3.25. The van der Waals surface area contributed by atoms with Gasteiger partial charge in [-0.2, -0.15) is 0 Å². The van der Waals surface area contributed by atoms with Gasteiger partial charge in [-0.3, -0.25) is 0 Å². The molecule has 0 aliphatic heterocycles. The van der Waals surface area contributed by atoms with Crippen molar-refractivity contribution in [3.8, 4) is 11.1 Å². The van der Waals surface area contributed by atoms with E-state index in [4.69, 9.17) is 11.6 Å². The summed E-state index contributed by atoms with van der Waals surface area (Å²) in [5.74, 6) is 0. The van der Waals surface area contributed by atoms with Gasteiger partial charge in [0.25, 0.3) is 0 Å². The summed E-state index contributed by atoms with van der Waals surface area (Å²) < 4.78 is 0. The average molecular weight is 259 g/mol. The van der Waals surface area contributed by atoms with Crippen molar-refractivity contribution in [2.24, 2.45) is 0 Å². The Kier molecular flexibility index (Phi) is 3.49. The Labute approximate surface area is 115 Å². The lowest BCUT2D eigenvalue weighted by atomic mass is 9.81. The standard InChI is InChI=1S/C17H19Cl/c1-12-14(13-8-6-5-7-9-13)10-11-15(18)16(12)17(2,3)4/h5-11H,1-4H3. The third kappa shape index (κ3) is 2.44. The molecule has 0 saturated heterocycles. The van der Waals surface area contributed by atoms with Crippen LogP contribution in [0.4, 0.5) is 0 Å². The van der Waals surface area contributed by atoms with Gasteiger partial charge in [-0.25, -0.2) is 0 Å². The molecule has 18 heavy (non-hydrogen) atoms. The van der Waals surface area contributed by atoms with Crippen LogP contribution in [0.25, 0.3) is 11.1 Å². The van der Waals surface area contributed by atoms with Gasteiger partial charge in [0, 0.05) is 5.02 Å². The fourth-order valence-corrected chi connectivity index (χ4v) is 3.02. The van der Waals surface area contributed by atoms with Crippen LogP contribution in [-0.4, -0.2) is 0 Å². The fourth-order valence-electron chi connectivity index (χ4n) is 2.53. The van der Waals surface area contributed by atoms with E-state index in [1.807, 2.05) is 12.1 Å². The van der Waals surface area contributed by atoms with Crippen LogP contribution in [0.2, 0.25) is 5.02 Å². The Morgan fingerprint density at radius 3 is 2.06 bits per heavy atom. The molecule has 0 N–H and O–H groups in total. The summed E-state index contributed by atoms with van der Waals surface area (Å²) in [6.07, 6.45) is 0. The van der Waals surface area contributed by atoms with Gasteiger partial charge in [0.15, 0.2) is 0 Å². The summed E-state index contributed by atoms with van der Waals surface area (Å²) in [7, 11) is 0. The normalized spacial score (nSPS) is 11.6. The highest BCUT2D eigenvalue weighted by atomic mass is 35.5. The second-order valence-corrected chi connectivity index (χ2v) is 6.12. The monoisotopic (exact) mass is 258 g/mol. The van der Waals surface area contributed by atoms with Crippen LogP contribution in [-0.2, 0) is 5.41 Å². The number of rotatable bonds is 1. The van der Waals surface area contributed by atoms with E-state index in [-0.39, 0.29) is 5.41 Å².